The quantitative estimate of drug-likeness (QED) is 0.793. The van der Waals surface area contributed by atoms with Crippen LogP contribution in [0, 0.1) is 0 Å². The van der Waals surface area contributed by atoms with Crippen LogP contribution >= 0.6 is 0 Å². The van der Waals surface area contributed by atoms with Gasteiger partial charge in [-0.1, -0.05) is 6.42 Å². The summed E-state index contributed by atoms with van der Waals surface area (Å²) >= 11 is 0. The fraction of sp³-hybridized carbons (Fsp3) is 0.588. The molecule has 1 aromatic carbocycles. The first-order valence-corrected chi connectivity index (χ1v) is 8.25. The molecule has 1 aromatic rings. The van der Waals surface area contributed by atoms with Crippen LogP contribution in [-0.4, -0.2) is 42.0 Å². The first kappa shape index (κ1) is 16.2. The first-order valence-electron chi connectivity index (χ1n) is 8.25. The Balaban J connectivity index is 1.53. The van der Waals surface area contributed by atoms with Crippen molar-refractivity contribution in [1.29, 1.82) is 0 Å². The monoisotopic (exact) mass is 322 g/mol. The molecule has 2 fully saturated rings. The second-order valence-electron chi connectivity index (χ2n) is 6.32. The minimum Gasteiger partial charge on any atom is -0.488 e. The van der Waals surface area contributed by atoms with Crippen LogP contribution in [0.15, 0.2) is 24.3 Å². The van der Waals surface area contributed by atoms with Gasteiger partial charge in [0.15, 0.2) is 0 Å². The van der Waals surface area contributed by atoms with Gasteiger partial charge in [0.2, 0.25) is 5.91 Å². The number of halogens is 1. The molecule has 1 aliphatic carbocycles. The number of aliphatic hydroxyl groups is 1. The number of anilines is 1. The molecule has 23 heavy (non-hydrogen) atoms. The molecule has 0 aromatic heterocycles. The van der Waals surface area contributed by atoms with E-state index in [1.165, 1.54) is 0 Å². The second kappa shape index (κ2) is 7.27. The number of alkyl halides is 1. The third-order valence-electron chi connectivity index (χ3n) is 4.47. The molecule has 126 valence electrons. The maximum atomic E-state index is 13.1. The third kappa shape index (κ3) is 4.20. The molecule has 0 spiro atoms. The van der Waals surface area contributed by atoms with Crippen LogP contribution in [0.4, 0.5) is 10.1 Å². The maximum absolute atomic E-state index is 13.1. The number of carbonyl (C=O) groups excluding carboxylic acids is 1. The standard InChI is InChI=1S/C17H23FN2O3/c18-11-9-14(19-10-11)17(22)20-12-5-7-13(8-6-12)23-16-4-2-1-3-15(16)21/h5-8,11,14-16,19,21H,1-4,9-10H2,(H,20,22)/t11-,14+,15?,16?/m0/s1. The van der Waals surface area contributed by atoms with Gasteiger partial charge in [-0.25, -0.2) is 4.39 Å². The fourth-order valence-electron chi connectivity index (χ4n) is 3.13. The lowest BCUT2D eigenvalue weighted by Gasteiger charge is -2.28. The molecular formula is C17H23FN2O3. The highest BCUT2D eigenvalue weighted by molar-refractivity contribution is 5.95. The summed E-state index contributed by atoms with van der Waals surface area (Å²) in [6, 6.07) is 6.58. The number of benzene rings is 1. The SMILES string of the molecule is O=C(Nc1ccc(OC2CCCCC2O)cc1)[C@H]1C[C@H](F)CN1. The minimum absolute atomic E-state index is 0.159. The zero-order valence-corrected chi connectivity index (χ0v) is 13.0. The van der Waals surface area contributed by atoms with Gasteiger partial charge >= 0.3 is 0 Å². The highest BCUT2D eigenvalue weighted by Crippen LogP contribution is 2.25. The predicted molar refractivity (Wildman–Crippen MR) is 85.3 cm³/mol. The topological polar surface area (TPSA) is 70.6 Å². The number of hydrogen-bond donors (Lipinski definition) is 3. The molecule has 1 saturated heterocycles. The van der Waals surface area contributed by atoms with E-state index in [0.717, 1.165) is 25.7 Å². The van der Waals surface area contributed by atoms with Crippen molar-refractivity contribution < 1.29 is 19.0 Å². The number of amides is 1. The molecule has 3 rings (SSSR count). The summed E-state index contributed by atoms with van der Waals surface area (Å²) in [5.74, 6) is 0.457. The average molecular weight is 322 g/mol. The Labute approximate surface area is 135 Å². The van der Waals surface area contributed by atoms with Crippen molar-refractivity contribution in [2.75, 3.05) is 11.9 Å². The van der Waals surface area contributed by atoms with Gasteiger partial charge in [-0.15, -0.1) is 0 Å². The molecule has 1 heterocycles. The van der Waals surface area contributed by atoms with Crippen LogP contribution in [0.3, 0.4) is 0 Å². The van der Waals surface area contributed by atoms with Crippen molar-refractivity contribution in [2.45, 2.75) is 56.5 Å². The Hall–Kier alpha value is -1.66. The largest absolute Gasteiger partial charge is 0.488 e. The number of aliphatic hydroxyl groups excluding tert-OH is 1. The highest BCUT2D eigenvalue weighted by Gasteiger charge is 2.29. The van der Waals surface area contributed by atoms with E-state index >= 15 is 0 Å². The van der Waals surface area contributed by atoms with Crippen LogP contribution in [0.5, 0.6) is 5.75 Å². The van der Waals surface area contributed by atoms with Crippen molar-refractivity contribution in [3.8, 4) is 5.75 Å². The second-order valence-corrected chi connectivity index (χ2v) is 6.32. The lowest BCUT2D eigenvalue weighted by atomic mass is 9.95. The summed E-state index contributed by atoms with van der Waals surface area (Å²) in [6.07, 6.45) is 2.44. The van der Waals surface area contributed by atoms with E-state index < -0.39 is 18.3 Å². The normalized spacial score (nSPS) is 30.9. The van der Waals surface area contributed by atoms with Crippen LogP contribution in [0.2, 0.25) is 0 Å². The van der Waals surface area contributed by atoms with Crippen LogP contribution < -0.4 is 15.4 Å². The zero-order chi connectivity index (χ0) is 16.2. The minimum atomic E-state index is -0.955. The number of ether oxygens (including phenoxy) is 1. The lowest BCUT2D eigenvalue weighted by molar-refractivity contribution is -0.117. The van der Waals surface area contributed by atoms with Gasteiger partial charge in [0.05, 0.1) is 12.1 Å². The molecule has 0 radical (unpaired) electrons. The van der Waals surface area contributed by atoms with Crippen molar-refractivity contribution >= 4 is 11.6 Å². The molecule has 4 atom stereocenters. The maximum Gasteiger partial charge on any atom is 0.241 e. The summed E-state index contributed by atoms with van der Waals surface area (Å²) in [5.41, 5.74) is 0.649. The summed E-state index contributed by atoms with van der Waals surface area (Å²) < 4.78 is 18.9. The van der Waals surface area contributed by atoms with Gasteiger partial charge in [0, 0.05) is 18.7 Å². The molecule has 0 bridgehead atoms. The molecule has 2 unspecified atom stereocenters. The van der Waals surface area contributed by atoms with Crippen molar-refractivity contribution in [1.82, 2.24) is 5.32 Å². The Morgan fingerprint density at radius 1 is 1.26 bits per heavy atom. The van der Waals surface area contributed by atoms with E-state index in [2.05, 4.69) is 10.6 Å². The van der Waals surface area contributed by atoms with Gasteiger partial charge < -0.3 is 20.5 Å². The van der Waals surface area contributed by atoms with Crippen molar-refractivity contribution in [3.63, 3.8) is 0 Å². The predicted octanol–water partition coefficient (Wildman–Crippen LogP) is 2.01. The molecule has 1 aliphatic heterocycles. The molecule has 5 nitrogen and oxygen atoms in total. The summed E-state index contributed by atoms with van der Waals surface area (Å²) in [5, 5.41) is 15.6. The fourth-order valence-corrected chi connectivity index (χ4v) is 3.13. The number of rotatable bonds is 4. The van der Waals surface area contributed by atoms with E-state index in [9.17, 15) is 14.3 Å². The Kier molecular flexibility index (Phi) is 5.13. The molecule has 2 aliphatic rings. The Morgan fingerprint density at radius 3 is 2.65 bits per heavy atom. The van der Waals surface area contributed by atoms with E-state index in [1.807, 2.05) is 0 Å². The van der Waals surface area contributed by atoms with Crippen LogP contribution in [-0.2, 0) is 4.79 Å². The van der Waals surface area contributed by atoms with E-state index in [4.69, 9.17) is 4.74 Å². The molecular weight excluding hydrogens is 299 g/mol. The van der Waals surface area contributed by atoms with Crippen LogP contribution in [0.1, 0.15) is 32.1 Å². The number of hydrogen-bond acceptors (Lipinski definition) is 4. The van der Waals surface area contributed by atoms with Gasteiger partial charge in [0.1, 0.15) is 18.0 Å². The Morgan fingerprint density at radius 2 is 2.00 bits per heavy atom. The third-order valence-corrected chi connectivity index (χ3v) is 4.47. The summed E-state index contributed by atoms with van der Waals surface area (Å²) in [6.45, 7) is 0.231. The van der Waals surface area contributed by atoms with Crippen molar-refractivity contribution in [2.24, 2.45) is 0 Å². The van der Waals surface area contributed by atoms with E-state index in [-0.39, 0.29) is 25.0 Å². The van der Waals surface area contributed by atoms with E-state index in [0.29, 0.717) is 11.4 Å². The molecule has 1 amide bonds. The van der Waals surface area contributed by atoms with Crippen LogP contribution in [0.25, 0.3) is 0 Å². The zero-order valence-electron chi connectivity index (χ0n) is 13.0. The number of carbonyl (C=O) groups is 1. The van der Waals surface area contributed by atoms with Gasteiger partial charge in [0.25, 0.3) is 0 Å². The summed E-state index contributed by atoms with van der Waals surface area (Å²) in [4.78, 5) is 12.0. The van der Waals surface area contributed by atoms with Gasteiger partial charge in [-0.2, -0.15) is 0 Å². The molecule has 6 heteroatoms. The summed E-state index contributed by atoms with van der Waals surface area (Å²) in [7, 11) is 0. The molecule has 3 N–H and O–H groups in total. The van der Waals surface area contributed by atoms with Gasteiger partial charge in [-0.05, 0) is 43.5 Å². The molecule has 1 saturated carbocycles. The highest BCUT2D eigenvalue weighted by atomic mass is 19.1. The van der Waals surface area contributed by atoms with Crippen molar-refractivity contribution in [3.05, 3.63) is 24.3 Å². The van der Waals surface area contributed by atoms with Gasteiger partial charge in [-0.3, -0.25) is 4.79 Å². The number of nitrogens with one attached hydrogen (secondary N) is 2. The lowest BCUT2D eigenvalue weighted by Crippen LogP contribution is -2.35. The smallest absolute Gasteiger partial charge is 0.241 e. The average Bonchev–Trinajstić information content (AvgIpc) is 2.98. The van der Waals surface area contributed by atoms with E-state index in [1.54, 1.807) is 24.3 Å². The Bertz CT molecular complexity index is 537. The first-order chi connectivity index (χ1) is 11.1.